The first kappa shape index (κ1) is 9.38. The molecule has 1 fully saturated rings. The number of rotatable bonds is 2. The van der Waals surface area contributed by atoms with Gasteiger partial charge in [0.25, 0.3) is 5.92 Å². The van der Waals surface area contributed by atoms with Crippen molar-refractivity contribution >= 4 is 5.97 Å². The van der Waals surface area contributed by atoms with E-state index in [2.05, 4.69) is 5.32 Å². The zero-order valence-corrected chi connectivity index (χ0v) is 6.52. The van der Waals surface area contributed by atoms with E-state index in [-0.39, 0.29) is 6.42 Å². The van der Waals surface area contributed by atoms with Gasteiger partial charge in [-0.25, -0.2) is 8.78 Å². The van der Waals surface area contributed by atoms with Gasteiger partial charge in [-0.1, -0.05) is 0 Å². The molecule has 1 aliphatic rings. The molecule has 0 saturated carbocycles. The second-order valence-corrected chi connectivity index (χ2v) is 3.02. The lowest BCUT2D eigenvalue weighted by Gasteiger charge is -2.30. The minimum absolute atomic E-state index is 0.235. The summed E-state index contributed by atoms with van der Waals surface area (Å²) in [6.07, 6.45) is -0.200. The lowest BCUT2D eigenvalue weighted by atomic mass is 9.91. The molecule has 0 bridgehead atoms. The van der Waals surface area contributed by atoms with Gasteiger partial charge >= 0.3 is 5.97 Å². The molecular weight excluding hydrogens is 168 g/mol. The summed E-state index contributed by atoms with van der Waals surface area (Å²) in [5.41, 5.74) is 0. The normalized spacial score (nSPS) is 28.3. The highest BCUT2D eigenvalue weighted by Crippen LogP contribution is 2.31. The van der Waals surface area contributed by atoms with Crippen molar-refractivity contribution in [2.24, 2.45) is 5.92 Å². The fourth-order valence-corrected chi connectivity index (χ4v) is 1.35. The summed E-state index contributed by atoms with van der Waals surface area (Å²) in [4.78, 5) is 10.2. The minimum Gasteiger partial charge on any atom is -0.481 e. The lowest BCUT2D eigenvalue weighted by molar-refractivity contribution is -0.144. The monoisotopic (exact) mass is 179 g/mol. The van der Waals surface area contributed by atoms with Gasteiger partial charge in [0.2, 0.25) is 0 Å². The van der Waals surface area contributed by atoms with Crippen LogP contribution in [-0.2, 0) is 4.79 Å². The van der Waals surface area contributed by atoms with Crippen LogP contribution in [0.4, 0.5) is 8.78 Å². The molecule has 0 aromatic heterocycles. The van der Waals surface area contributed by atoms with E-state index in [1.54, 1.807) is 0 Å². The molecule has 70 valence electrons. The molecule has 1 aliphatic heterocycles. The van der Waals surface area contributed by atoms with Crippen molar-refractivity contribution in [3.05, 3.63) is 0 Å². The Morgan fingerprint density at radius 3 is 2.83 bits per heavy atom. The summed E-state index contributed by atoms with van der Waals surface area (Å²) in [6.45, 7) is 0.0818. The first-order chi connectivity index (χ1) is 5.52. The van der Waals surface area contributed by atoms with Crippen molar-refractivity contribution in [1.82, 2.24) is 5.32 Å². The van der Waals surface area contributed by atoms with E-state index in [1.807, 2.05) is 0 Å². The Bertz CT molecular complexity index is 184. The van der Waals surface area contributed by atoms with E-state index < -0.39 is 30.8 Å². The van der Waals surface area contributed by atoms with Crippen LogP contribution in [-0.4, -0.2) is 30.1 Å². The molecule has 2 N–H and O–H groups in total. The summed E-state index contributed by atoms with van der Waals surface area (Å²) < 4.78 is 25.8. The highest BCUT2D eigenvalue weighted by atomic mass is 19.3. The molecule has 12 heavy (non-hydrogen) atoms. The van der Waals surface area contributed by atoms with E-state index in [1.165, 1.54) is 0 Å². The lowest BCUT2D eigenvalue weighted by Crippen LogP contribution is -2.46. The van der Waals surface area contributed by atoms with Gasteiger partial charge in [0.1, 0.15) is 0 Å². The van der Waals surface area contributed by atoms with E-state index in [0.29, 0.717) is 6.54 Å². The maximum Gasteiger partial charge on any atom is 0.303 e. The topological polar surface area (TPSA) is 49.3 Å². The Labute approximate surface area is 68.8 Å². The van der Waals surface area contributed by atoms with Crippen LogP contribution in [0.2, 0.25) is 0 Å². The molecule has 0 spiro atoms. The molecule has 0 aliphatic carbocycles. The average molecular weight is 179 g/mol. The van der Waals surface area contributed by atoms with Crippen LogP contribution in [0.5, 0.6) is 0 Å². The number of carbonyl (C=O) groups is 1. The van der Waals surface area contributed by atoms with E-state index in [0.717, 1.165) is 0 Å². The Kier molecular flexibility index (Phi) is 2.62. The molecule has 0 amide bonds. The number of carboxylic acid groups (broad SMARTS) is 1. The van der Waals surface area contributed by atoms with Crippen molar-refractivity contribution in [2.45, 2.75) is 18.8 Å². The molecule has 1 rings (SSSR count). The van der Waals surface area contributed by atoms with Gasteiger partial charge in [0.15, 0.2) is 0 Å². The average Bonchev–Trinajstić information content (AvgIpc) is 1.92. The van der Waals surface area contributed by atoms with Gasteiger partial charge in [-0.05, 0) is 13.0 Å². The number of hydrogen-bond donors (Lipinski definition) is 2. The molecule has 1 heterocycles. The molecule has 0 aromatic carbocycles. The highest BCUT2D eigenvalue weighted by molar-refractivity contribution is 5.67. The standard InChI is InChI=1S/C7H11F2NO2/c8-7(9)4-10-2-1-5(7)3-6(11)12/h5,10H,1-4H2,(H,11,12). The van der Waals surface area contributed by atoms with E-state index >= 15 is 0 Å². The number of alkyl halides is 2. The molecular formula is C7H11F2NO2. The molecule has 3 nitrogen and oxygen atoms in total. The summed E-state index contributed by atoms with van der Waals surface area (Å²) in [6, 6.07) is 0. The van der Waals surface area contributed by atoms with Crippen molar-refractivity contribution < 1.29 is 18.7 Å². The van der Waals surface area contributed by atoms with E-state index in [9.17, 15) is 13.6 Å². The van der Waals surface area contributed by atoms with Crippen LogP contribution < -0.4 is 5.32 Å². The minimum atomic E-state index is -2.86. The summed E-state index contributed by atoms with van der Waals surface area (Å²) in [5.74, 6) is -5.02. The van der Waals surface area contributed by atoms with Crippen molar-refractivity contribution in [3.63, 3.8) is 0 Å². The third kappa shape index (κ3) is 2.14. The molecule has 1 unspecified atom stereocenters. The second kappa shape index (κ2) is 3.35. The van der Waals surface area contributed by atoms with Crippen molar-refractivity contribution in [1.29, 1.82) is 0 Å². The van der Waals surface area contributed by atoms with Gasteiger partial charge < -0.3 is 10.4 Å². The Balaban J connectivity index is 2.54. The molecule has 5 heteroatoms. The van der Waals surface area contributed by atoms with Gasteiger partial charge in [0.05, 0.1) is 13.0 Å². The van der Waals surface area contributed by atoms with E-state index in [4.69, 9.17) is 5.11 Å². The van der Waals surface area contributed by atoms with Gasteiger partial charge in [-0.15, -0.1) is 0 Å². The number of carboxylic acids is 1. The largest absolute Gasteiger partial charge is 0.481 e. The highest BCUT2D eigenvalue weighted by Gasteiger charge is 2.42. The van der Waals surface area contributed by atoms with Crippen LogP contribution >= 0.6 is 0 Å². The Hall–Kier alpha value is -0.710. The summed E-state index contributed by atoms with van der Waals surface area (Å²) in [7, 11) is 0. The first-order valence-electron chi connectivity index (χ1n) is 3.83. The van der Waals surface area contributed by atoms with Crippen LogP contribution in [0.15, 0.2) is 0 Å². The quantitative estimate of drug-likeness (QED) is 0.656. The predicted molar refractivity (Wildman–Crippen MR) is 38.2 cm³/mol. The fourth-order valence-electron chi connectivity index (χ4n) is 1.35. The summed E-state index contributed by atoms with van der Waals surface area (Å²) in [5, 5.41) is 10.9. The van der Waals surface area contributed by atoms with Crippen LogP contribution in [0.1, 0.15) is 12.8 Å². The van der Waals surface area contributed by atoms with Crippen LogP contribution in [0.3, 0.4) is 0 Å². The molecule has 0 radical (unpaired) electrons. The van der Waals surface area contributed by atoms with Crippen LogP contribution in [0, 0.1) is 5.92 Å². The number of piperidine rings is 1. The van der Waals surface area contributed by atoms with Crippen LogP contribution in [0.25, 0.3) is 0 Å². The zero-order valence-electron chi connectivity index (χ0n) is 6.52. The molecule has 0 aromatic rings. The first-order valence-corrected chi connectivity index (χ1v) is 3.83. The summed E-state index contributed by atoms with van der Waals surface area (Å²) >= 11 is 0. The van der Waals surface area contributed by atoms with Crippen molar-refractivity contribution in [3.8, 4) is 0 Å². The van der Waals surface area contributed by atoms with Gasteiger partial charge in [0, 0.05) is 5.92 Å². The molecule has 1 saturated heterocycles. The Morgan fingerprint density at radius 1 is 1.67 bits per heavy atom. The maximum atomic E-state index is 12.9. The number of halogens is 2. The smallest absolute Gasteiger partial charge is 0.303 e. The van der Waals surface area contributed by atoms with Crippen molar-refractivity contribution in [2.75, 3.05) is 13.1 Å². The fraction of sp³-hybridized carbons (Fsp3) is 0.857. The maximum absolute atomic E-state index is 12.9. The number of aliphatic carboxylic acids is 1. The third-order valence-corrected chi connectivity index (χ3v) is 2.05. The SMILES string of the molecule is O=C(O)CC1CCNCC1(F)F. The van der Waals surface area contributed by atoms with Gasteiger partial charge in [-0.3, -0.25) is 4.79 Å². The number of hydrogen-bond acceptors (Lipinski definition) is 2. The Morgan fingerprint density at radius 2 is 2.33 bits per heavy atom. The van der Waals surface area contributed by atoms with Gasteiger partial charge in [-0.2, -0.15) is 0 Å². The molecule has 1 atom stereocenters. The zero-order chi connectivity index (χ0) is 9.19. The number of nitrogens with one attached hydrogen (secondary N) is 1. The second-order valence-electron chi connectivity index (χ2n) is 3.02. The predicted octanol–water partition coefficient (Wildman–Crippen LogP) is 0.706. The third-order valence-electron chi connectivity index (χ3n) is 2.05.